The van der Waals surface area contributed by atoms with Crippen molar-refractivity contribution in [3.8, 4) is 0 Å². The predicted molar refractivity (Wildman–Crippen MR) is 104 cm³/mol. The van der Waals surface area contributed by atoms with Crippen molar-refractivity contribution in [2.75, 3.05) is 11.4 Å². The summed E-state index contributed by atoms with van der Waals surface area (Å²) in [6, 6.07) is 11.6. The lowest BCUT2D eigenvalue weighted by atomic mass is 9.75. The lowest BCUT2D eigenvalue weighted by molar-refractivity contribution is 0.451. The van der Waals surface area contributed by atoms with Crippen LogP contribution in [0.2, 0.25) is 0 Å². The molecule has 0 saturated carbocycles. The third-order valence-electron chi connectivity index (χ3n) is 5.47. The third kappa shape index (κ3) is 3.57. The molecule has 0 amide bonds. The lowest BCUT2D eigenvalue weighted by Gasteiger charge is -2.41. The summed E-state index contributed by atoms with van der Waals surface area (Å²) >= 11 is 0. The standard InChI is InChI=1S/C22H29FN2/c1-5-17-12-20-21(13-19(17)15(2)24)25(10-9-22(20,3)4)14-16-7-6-8-18(23)11-16/h6-8,11-13,15H,5,9-10,14,24H2,1-4H3. The fraction of sp³-hybridized carbons (Fsp3) is 0.455. The van der Waals surface area contributed by atoms with Crippen molar-refractivity contribution >= 4 is 5.69 Å². The Morgan fingerprint density at radius 3 is 2.64 bits per heavy atom. The van der Waals surface area contributed by atoms with Crippen LogP contribution in [0.4, 0.5) is 10.1 Å². The van der Waals surface area contributed by atoms with E-state index in [-0.39, 0.29) is 17.3 Å². The van der Waals surface area contributed by atoms with E-state index in [0.717, 1.165) is 31.5 Å². The van der Waals surface area contributed by atoms with Crippen LogP contribution in [-0.4, -0.2) is 6.54 Å². The van der Waals surface area contributed by atoms with Gasteiger partial charge in [-0.15, -0.1) is 0 Å². The molecule has 1 atom stereocenters. The molecule has 1 aliphatic heterocycles. The van der Waals surface area contributed by atoms with E-state index in [1.54, 1.807) is 12.1 Å². The fourth-order valence-corrected chi connectivity index (χ4v) is 3.87. The number of anilines is 1. The Morgan fingerprint density at radius 1 is 1.24 bits per heavy atom. The molecule has 2 aromatic carbocycles. The van der Waals surface area contributed by atoms with Crippen LogP contribution >= 0.6 is 0 Å². The monoisotopic (exact) mass is 340 g/mol. The smallest absolute Gasteiger partial charge is 0.123 e. The number of fused-ring (bicyclic) bond motifs is 1. The predicted octanol–water partition coefficient (Wildman–Crippen LogP) is 5.10. The van der Waals surface area contributed by atoms with Gasteiger partial charge in [0.1, 0.15) is 5.82 Å². The summed E-state index contributed by atoms with van der Waals surface area (Å²) in [7, 11) is 0. The average molecular weight is 340 g/mol. The minimum atomic E-state index is -0.173. The summed E-state index contributed by atoms with van der Waals surface area (Å²) in [4.78, 5) is 2.38. The topological polar surface area (TPSA) is 29.3 Å². The van der Waals surface area contributed by atoms with Crippen LogP contribution in [0.5, 0.6) is 0 Å². The minimum absolute atomic E-state index is 0.0151. The van der Waals surface area contributed by atoms with Gasteiger partial charge in [-0.1, -0.05) is 39.0 Å². The summed E-state index contributed by atoms with van der Waals surface area (Å²) in [6.07, 6.45) is 2.08. The molecule has 0 saturated heterocycles. The van der Waals surface area contributed by atoms with E-state index in [2.05, 4.69) is 37.8 Å². The Kier molecular flexibility index (Phi) is 4.88. The molecule has 1 heterocycles. The number of rotatable bonds is 4. The van der Waals surface area contributed by atoms with Crippen molar-refractivity contribution in [1.82, 2.24) is 0 Å². The van der Waals surface area contributed by atoms with Gasteiger partial charge in [0.15, 0.2) is 0 Å². The van der Waals surface area contributed by atoms with Crippen LogP contribution in [0.15, 0.2) is 36.4 Å². The highest BCUT2D eigenvalue weighted by Gasteiger charge is 2.32. The van der Waals surface area contributed by atoms with Gasteiger partial charge in [0.2, 0.25) is 0 Å². The molecule has 0 spiro atoms. The van der Waals surface area contributed by atoms with Crippen LogP contribution in [0.3, 0.4) is 0 Å². The number of nitrogens with zero attached hydrogens (tertiary/aromatic N) is 1. The molecule has 2 nitrogen and oxygen atoms in total. The SMILES string of the molecule is CCc1cc2c(cc1C(C)N)N(Cc1cccc(F)c1)CCC2(C)C. The van der Waals surface area contributed by atoms with Gasteiger partial charge in [-0.05, 0) is 65.6 Å². The summed E-state index contributed by atoms with van der Waals surface area (Å²) in [5.74, 6) is -0.173. The Hall–Kier alpha value is -1.87. The quantitative estimate of drug-likeness (QED) is 0.839. The molecular weight excluding hydrogens is 311 g/mol. The van der Waals surface area contributed by atoms with Gasteiger partial charge in [0, 0.05) is 24.8 Å². The average Bonchev–Trinajstić information content (AvgIpc) is 2.56. The number of halogens is 1. The van der Waals surface area contributed by atoms with Crippen molar-refractivity contribution in [2.24, 2.45) is 5.73 Å². The molecule has 3 rings (SSSR count). The van der Waals surface area contributed by atoms with E-state index >= 15 is 0 Å². The highest BCUT2D eigenvalue weighted by atomic mass is 19.1. The van der Waals surface area contributed by atoms with E-state index in [1.807, 2.05) is 13.0 Å². The number of aryl methyl sites for hydroxylation is 1. The van der Waals surface area contributed by atoms with Gasteiger partial charge in [-0.2, -0.15) is 0 Å². The van der Waals surface area contributed by atoms with Crippen LogP contribution in [0.1, 0.15) is 62.4 Å². The fourth-order valence-electron chi connectivity index (χ4n) is 3.87. The van der Waals surface area contributed by atoms with E-state index in [0.29, 0.717) is 0 Å². The van der Waals surface area contributed by atoms with Crippen molar-refractivity contribution in [1.29, 1.82) is 0 Å². The van der Waals surface area contributed by atoms with Crippen LogP contribution < -0.4 is 10.6 Å². The second kappa shape index (κ2) is 6.80. The van der Waals surface area contributed by atoms with Crippen LogP contribution in [-0.2, 0) is 18.4 Å². The first-order chi connectivity index (χ1) is 11.8. The second-order valence-corrected chi connectivity index (χ2v) is 7.90. The zero-order valence-corrected chi connectivity index (χ0v) is 15.8. The first-order valence-corrected chi connectivity index (χ1v) is 9.24. The molecular formula is C22H29FN2. The Morgan fingerprint density at radius 2 is 2.00 bits per heavy atom. The first kappa shape index (κ1) is 17.9. The maximum atomic E-state index is 13.6. The summed E-state index contributed by atoms with van der Waals surface area (Å²) in [5.41, 5.74) is 12.6. The highest BCUT2D eigenvalue weighted by molar-refractivity contribution is 5.63. The highest BCUT2D eigenvalue weighted by Crippen LogP contribution is 2.42. The molecule has 1 unspecified atom stereocenters. The van der Waals surface area contributed by atoms with Crippen molar-refractivity contribution in [2.45, 2.75) is 58.5 Å². The molecule has 134 valence electrons. The zero-order valence-electron chi connectivity index (χ0n) is 15.8. The Bertz CT molecular complexity index is 765. The molecule has 2 aromatic rings. The van der Waals surface area contributed by atoms with E-state index in [9.17, 15) is 4.39 Å². The number of hydrogen-bond acceptors (Lipinski definition) is 2. The molecule has 25 heavy (non-hydrogen) atoms. The third-order valence-corrected chi connectivity index (χ3v) is 5.47. The van der Waals surface area contributed by atoms with Crippen molar-refractivity contribution in [3.05, 3.63) is 64.5 Å². The maximum absolute atomic E-state index is 13.6. The Balaban J connectivity index is 2.06. The molecule has 0 bridgehead atoms. The van der Waals surface area contributed by atoms with Crippen molar-refractivity contribution < 1.29 is 4.39 Å². The first-order valence-electron chi connectivity index (χ1n) is 9.24. The summed E-state index contributed by atoms with van der Waals surface area (Å²) in [5, 5.41) is 0. The van der Waals surface area contributed by atoms with Gasteiger partial charge in [-0.25, -0.2) is 4.39 Å². The molecule has 0 aliphatic carbocycles. The minimum Gasteiger partial charge on any atom is -0.367 e. The maximum Gasteiger partial charge on any atom is 0.123 e. The van der Waals surface area contributed by atoms with Crippen LogP contribution in [0.25, 0.3) is 0 Å². The van der Waals surface area contributed by atoms with E-state index in [1.165, 1.54) is 28.4 Å². The summed E-state index contributed by atoms with van der Waals surface area (Å²) in [6.45, 7) is 10.6. The van der Waals surface area contributed by atoms with Gasteiger partial charge >= 0.3 is 0 Å². The molecule has 0 radical (unpaired) electrons. The zero-order chi connectivity index (χ0) is 18.2. The van der Waals surface area contributed by atoms with Crippen molar-refractivity contribution in [3.63, 3.8) is 0 Å². The van der Waals surface area contributed by atoms with E-state index < -0.39 is 0 Å². The second-order valence-electron chi connectivity index (χ2n) is 7.90. The van der Waals surface area contributed by atoms with E-state index in [4.69, 9.17) is 5.73 Å². The number of hydrogen-bond donors (Lipinski definition) is 1. The summed E-state index contributed by atoms with van der Waals surface area (Å²) < 4.78 is 13.6. The molecule has 0 fully saturated rings. The largest absolute Gasteiger partial charge is 0.367 e. The van der Waals surface area contributed by atoms with Gasteiger partial charge in [0.05, 0.1) is 0 Å². The normalized spacial score (nSPS) is 17.3. The van der Waals surface area contributed by atoms with Crippen LogP contribution in [0, 0.1) is 5.82 Å². The van der Waals surface area contributed by atoms with Gasteiger partial charge < -0.3 is 10.6 Å². The lowest BCUT2D eigenvalue weighted by Crippen LogP contribution is -2.37. The molecule has 0 aromatic heterocycles. The Labute approximate surface area is 150 Å². The number of benzene rings is 2. The van der Waals surface area contributed by atoms with Gasteiger partial charge in [0.25, 0.3) is 0 Å². The molecule has 2 N–H and O–H groups in total. The number of nitrogens with two attached hydrogens (primary N) is 1. The molecule has 1 aliphatic rings. The molecule has 3 heteroatoms. The van der Waals surface area contributed by atoms with Gasteiger partial charge in [-0.3, -0.25) is 0 Å².